The standard InChI is InChI=1S/C16H14Cl2N2/c17-14-5-6-15(16(18)8-14)13(10-20)7-11-1-3-12(9-19)4-2-11/h1-6,8,13H,7,10,20H2. The Morgan fingerprint density at radius 3 is 2.35 bits per heavy atom. The fraction of sp³-hybridized carbons (Fsp3) is 0.188. The lowest BCUT2D eigenvalue weighted by atomic mass is 9.92. The third-order valence-electron chi connectivity index (χ3n) is 3.25. The van der Waals surface area contributed by atoms with Crippen molar-refractivity contribution in [2.45, 2.75) is 12.3 Å². The molecule has 1 atom stereocenters. The third-order valence-corrected chi connectivity index (χ3v) is 3.81. The van der Waals surface area contributed by atoms with Crippen molar-refractivity contribution >= 4 is 23.2 Å². The summed E-state index contributed by atoms with van der Waals surface area (Å²) >= 11 is 12.1. The Hall–Kier alpha value is -1.53. The van der Waals surface area contributed by atoms with Crippen LogP contribution in [-0.4, -0.2) is 6.54 Å². The molecule has 0 aliphatic rings. The van der Waals surface area contributed by atoms with Crippen LogP contribution in [0.15, 0.2) is 42.5 Å². The Kier molecular flexibility index (Phi) is 5.03. The highest BCUT2D eigenvalue weighted by Gasteiger charge is 2.14. The fourth-order valence-corrected chi connectivity index (χ4v) is 2.72. The zero-order valence-corrected chi connectivity index (χ0v) is 12.3. The van der Waals surface area contributed by atoms with Gasteiger partial charge in [0, 0.05) is 16.0 Å². The minimum atomic E-state index is 0.132. The molecule has 0 aliphatic carbocycles. The van der Waals surface area contributed by atoms with E-state index < -0.39 is 0 Å². The number of hydrogen-bond donors (Lipinski definition) is 1. The van der Waals surface area contributed by atoms with Gasteiger partial charge in [0.1, 0.15) is 0 Å². The predicted octanol–water partition coefficient (Wildman–Crippen LogP) is 4.15. The summed E-state index contributed by atoms with van der Waals surface area (Å²) in [7, 11) is 0. The van der Waals surface area contributed by atoms with Crippen molar-refractivity contribution in [3.63, 3.8) is 0 Å². The number of hydrogen-bond acceptors (Lipinski definition) is 2. The quantitative estimate of drug-likeness (QED) is 0.922. The zero-order valence-electron chi connectivity index (χ0n) is 10.8. The molecule has 2 aromatic carbocycles. The molecule has 0 aromatic heterocycles. The minimum absolute atomic E-state index is 0.132. The molecule has 4 heteroatoms. The van der Waals surface area contributed by atoms with Crippen molar-refractivity contribution in [1.29, 1.82) is 5.26 Å². The van der Waals surface area contributed by atoms with Gasteiger partial charge in [-0.2, -0.15) is 5.26 Å². The van der Waals surface area contributed by atoms with Crippen molar-refractivity contribution in [2.24, 2.45) is 5.73 Å². The molecule has 2 N–H and O–H groups in total. The summed E-state index contributed by atoms with van der Waals surface area (Å²) in [4.78, 5) is 0. The summed E-state index contributed by atoms with van der Waals surface area (Å²) in [6, 6.07) is 15.1. The van der Waals surface area contributed by atoms with Crippen LogP contribution in [0.1, 0.15) is 22.6 Å². The van der Waals surface area contributed by atoms with Crippen molar-refractivity contribution < 1.29 is 0 Å². The van der Waals surface area contributed by atoms with Gasteiger partial charge in [-0.15, -0.1) is 0 Å². The van der Waals surface area contributed by atoms with Crippen molar-refractivity contribution in [3.8, 4) is 6.07 Å². The molecular formula is C16H14Cl2N2. The molecule has 0 saturated carbocycles. The van der Waals surface area contributed by atoms with Gasteiger partial charge in [0.05, 0.1) is 11.6 Å². The monoisotopic (exact) mass is 304 g/mol. The van der Waals surface area contributed by atoms with Crippen molar-refractivity contribution in [3.05, 3.63) is 69.2 Å². The first kappa shape index (κ1) is 14.9. The van der Waals surface area contributed by atoms with Crippen LogP contribution in [-0.2, 0) is 6.42 Å². The molecule has 0 amide bonds. The first-order chi connectivity index (χ1) is 9.63. The highest BCUT2D eigenvalue weighted by molar-refractivity contribution is 6.35. The van der Waals surface area contributed by atoms with E-state index in [0.717, 1.165) is 17.5 Å². The van der Waals surface area contributed by atoms with Crippen molar-refractivity contribution in [1.82, 2.24) is 0 Å². The highest BCUT2D eigenvalue weighted by Crippen LogP contribution is 2.29. The van der Waals surface area contributed by atoms with Gasteiger partial charge in [0.2, 0.25) is 0 Å². The van der Waals surface area contributed by atoms with E-state index >= 15 is 0 Å². The molecule has 0 fully saturated rings. The molecule has 2 aromatic rings. The Balaban J connectivity index is 2.22. The number of nitriles is 1. The maximum atomic E-state index is 8.80. The van der Waals surface area contributed by atoms with E-state index in [2.05, 4.69) is 6.07 Å². The van der Waals surface area contributed by atoms with Gasteiger partial charge in [-0.3, -0.25) is 0 Å². The molecule has 2 rings (SSSR count). The van der Waals surface area contributed by atoms with Gasteiger partial charge < -0.3 is 5.73 Å². The van der Waals surface area contributed by atoms with Crippen LogP contribution in [0.2, 0.25) is 10.0 Å². The van der Waals surface area contributed by atoms with Crippen LogP contribution >= 0.6 is 23.2 Å². The third kappa shape index (κ3) is 3.52. The lowest BCUT2D eigenvalue weighted by Crippen LogP contribution is -2.15. The lowest BCUT2D eigenvalue weighted by molar-refractivity contribution is 0.694. The van der Waals surface area contributed by atoms with Gasteiger partial charge >= 0.3 is 0 Å². The predicted molar refractivity (Wildman–Crippen MR) is 83.1 cm³/mol. The van der Waals surface area contributed by atoms with Gasteiger partial charge in [0.15, 0.2) is 0 Å². The van der Waals surface area contributed by atoms with E-state index in [-0.39, 0.29) is 5.92 Å². The first-order valence-electron chi connectivity index (χ1n) is 6.28. The molecule has 0 aliphatic heterocycles. The Morgan fingerprint density at radius 2 is 1.80 bits per heavy atom. The Morgan fingerprint density at radius 1 is 1.10 bits per heavy atom. The van der Waals surface area contributed by atoms with E-state index in [9.17, 15) is 0 Å². The number of benzene rings is 2. The molecule has 0 bridgehead atoms. The molecule has 20 heavy (non-hydrogen) atoms. The highest BCUT2D eigenvalue weighted by atomic mass is 35.5. The maximum absolute atomic E-state index is 8.80. The average molecular weight is 305 g/mol. The molecule has 0 saturated heterocycles. The second-order valence-electron chi connectivity index (χ2n) is 4.61. The first-order valence-corrected chi connectivity index (χ1v) is 7.03. The summed E-state index contributed by atoms with van der Waals surface area (Å²) in [6.07, 6.45) is 0.781. The fourth-order valence-electron chi connectivity index (χ4n) is 2.15. The summed E-state index contributed by atoms with van der Waals surface area (Å²) < 4.78 is 0. The van der Waals surface area contributed by atoms with E-state index in [1.165, 1.54) is 0 Å². The maximum Gasteiger partial charge on any atom is 0.0991 e. The van der Waals surface area contributed by atoms with Gasteiger partial charge in [-0.25, -0.2) is 0 Å². The molecule has 102 valence electrons. The van der Waals surface area contributed by atoms with E-state index in [1.54, 1.807) is 6.07 Å². The van der Waals surface area contributed by atoms with Gasteiger partial charge in [-0.05, 0) is 48.4 Å². The summed E-state index contributed by atoms with van der Waals surface area (Å²) in [6.45, 7) is 0.501. The Labute approximate surface area is 128 Å². The summed E-state index contributed by atoms with van der Waals surface area (Å²) in [5.74, 6) is 0.132. The largest absolute Gasteiger partial charge is 0.330 e. The lowest BCUT2D eigenvalue weighted by Gasteiger charge is -2.17. The molecule has 2 nitrogen and oxygen atoms in total. The summed E-state index contributed by atoms with van der Waals surface area (Å²) in [5.41, 5.74) is 8.66. The molecule has 0 radical (unpaired) electrons. The normalized spacial score (nSPS) is 11.9. The van der Waals surface area contributed by atoms with Crippen LogP contribution in [0, 0.1) is 11.3 Å². The van der Waals surface area contributed by atoms with E-state index in [1.807, 2.05) is 36.4 Å². The molecular weight excluding hydrogens is 291 g/mol. The van der Waals surface area contributed by atoms with Crippen LogP contribution in [0.5, 0.6) is 0 Å². The molecule has 0 heterocycles. The zero-order chi connectivity index (χ0) is 14.5. The Bertz CT molecular complexity index is 630. The van der Waals surface area contributed by atoms with Crippen LogP contribution < -0.4 is 5.73 Å². The number of rotatable bonds is 4. The summed E-state index contributed by atoms with van der Waals surface area (Å²) in [5, 5.41) is 10.1. The van der Waals surface area contributed by atoms with E-state index in [4.69, 9.17) is 34.2 Å². The van der Waals surface area contributed by atoms with Gasteiger partial charge in [-0.1, -0.05) is 41.4 Å². The molecule has 1 unspecified atom stereocenters. The number of nitrogens with two attached hydrogens (primary N) is 1. The van der Waals surface area contributed by atoms with E-state index in [0.29, 0.717) is 22.2 Å². The minimum Gasteiger partial charge on any atom is -0.330 e. The molecule has 0 spiro atoms. The van der Waals surface area contributed by atoms with Gasteiger partial charge in [0.25, 0.3) is 0 Å². The number of nitrogens with zero attached hydrogens (tertiary/aromatic N) is 1. The second kappa shape index (κ2) is 6.76. The SMILES string of the molecule is N#Cc1ccc(CC(CN)c2ccc(Cl)cc2Cl)cc1. The second-order valence-corrected chi connectivity index (χ2v) is 5.45. The van der Waals surface area contributed by atoms with Crippen molar-refractivity contribution in [2.75, 3.05) is 6.54 Å². The number of halogens is 2. The van der Waals surface area contributed by atoms with Crippen LogP contribution in [0.3, 0.4) is 0 Å². The smallest absolute Gasteiger partial charge is 0.0991 e. The topological polar surface area (TPSA) is 49.8 Å². The van der Waals surface area contributed by atoms with Crippen LogP contribution in [0.25, 0.3) is 0 Å². The van der Waals surface area contributed by atoms with Crippen LogP contribution in [0.4, 0.5) is 0 Å². The average Bonchev–Trinajstić information content (AvgIpc) is 2.46.